The second-order valence-electron chi connectivity index (χ2n) is 5.57. The van der Waals surface area contributed by atoms with Gasteiger partial charge in [0.15, 0.2) is 0 Å². The maximum absolute atomic E-state index is 13.2. The average Bonchev–Trinajstić information content (AvgIpc) is 2.75. The van der Waals surface area contributed by atoms with E-state index in [0.717, 1.165) is 6.07 Å². The number of nitrogens with one attached hydrogen (secondary N) is 1. The van der Waals surface area contributed by atoms with Crippen molar-refractivity contribution < 1.29 is 17.6 Å². The second-order valence-corrected chi connectivity index (χ2v) is 7.66. The number of anilines is 2. The molecular formula is C16H14ClFN2O3S. The minimum Gasteiger partial charge on any atom is -0.315 e. The van der Waals surface area contributed by atoms with Gasteiger partial charge in [-0.3, -0.25) is 9.52 Å². The van der Waals surface area contributed by atoms with E-state index in [1.807, 2.05) is 0 Å². The lowest BCUT2D eigenvalue weighted by atomic mass is 10.0. The van der Waals surface area contributed by atoms with E-state index >= 15 is 0 Å². The van der Waals surface area contributed by atoms with Crippen LogP contribution in [-0.4, -0.2) is 21.4 Å². The average molecular weight is 369 g/mol. The van der Waals surface area contributed by atoms with Gasteiger partial charge < -0.3 is 4.90 Å². The van der Waals surface area contributed by atoms with Crippen molar-refractivity contribution in [2.75, 3.05) is 16.7 Å². The Morgan fingerprint density at radius 1 is 1.21 bits per heavy atom. The summed E-state index contributed by atoms with van der Waals surface area (Å²) >= 11 is 5.66. The van der Waals surface area contributed by atoms with Crippen LogP contribution in [0.15, 0.2) is 41.3 Å². The molecule has 5 nitrogen and oxygen atoms in total. The van der Waals surface area contributed by atoms with Gasteiger partial charge in [-0.15, -0.1) is 0 Å². The number of halogens is 2. The van der Waals surface area contributed by atoms with Crippen LogP contribution in [0.3, 0.4) is 0 Å². The Labute approximate surface area is 144 Å². The summed E-state index contributed by atoms with van der Waals surface area (Å²) in [6.45, 7) is 1.73. The Hall–Kier alpha value is -2.12. The van der Waals surface area contributed by atoms with Gasteiger partial charge in [-0.2, -0.15) is 0 Å². The molecule has 0 aromatic heterocycles. The van der Waals surface area contributed by atoms with Crippen LogP contribution in [0.5, 0.6) is 0 Å². The van der Waals surface area contributed by atoms with Gasteiger partial charge in [-0.05, 0) is 48.9 Å². The highest BCUT2D eigenvalue weighted by molar-refractivity contribution is 7.92. The Bertz CT molecular complexity index is 946. The molecule has 0 saturated carbocycles. The number of fused-ring (bicyclic) bond motifs is 1. The molecular weight excluding hydrogens is 355 g/mol. The van der Waals surface area contributed by atoms with E-state index in [0.29, 0.717) is 11.3 Å². The van der Waals surface area contributed by atoms with Gasteiger partial charge in [0.05, 0.1) is 21.5 Å². The van der Waals surface area contributed by atoms with Crippen LogP contribution < -0.4 is 9.62 Å². The van der Waals surface area contributed by atoms with Crippen LogP contribution >= 0.6 is 11.6 Å². The van der Waals surface area contributed by atoms with Gasteiger partial charge in [0.1, 0.15) is 5.82 Å². The third-order valence-electron chi connectivity index (χ3n) is 4.01. The van der Waals surface area contributed by atoms with Crippen molar-refractivity contribution in [3.05, 3.63) is 52.8 Å². The number of rotatable bonds is 3. The fraction of sp³-hybridized carbons (Fsp3) is 0.188. The van der Waals surface area contributed by atoms with E-state index in [2.05, 4.69) is 4.72 Å². The van der Waals surface area contributed by atoms with Crippen molar-refractivity contribution in [3.63, 3.8) is 0 Å². The molecule has 1 aliphatic heterocycles. The third-order valence-corrected chi connectivity index (χ3v) is 5.68. The number of benzene rings is 2. The number of carbonyl (C=O) groups excluding carboxylic acids is 1. The summed E-state index contributed by atoms with van der Waals surface area (Å²) < 4.78 is 40.6. The van der Waals surface area contributed by atoms with Gasteiger partial charge in [0.2, 0.25) is 5.91 Å². The third kappa shape index (κ3) is 2.74. The van der Waals surface area contributed by atoms with E-state index < -0.39 is 21.8 Å². The predicted molar refractivity (Wildman–Crippen MR) is 90.5 cm³/mol. The van der Waals surface area contributed by atoms with E-state index in [1.54, 1.807) is 20.0 Å². The van der Waals surface area contributed by atoms with Crippen LogP contribution in [0, 0.1) is 5.82 Å². The van der Waals surface area contributed by atoms with Crippen molar-refractivity contribution in [3.8, 4) is 0 Å². The molecule has 0 fully saturated rings. The van der Waals surface area contributed by atoms with Crippen LogP contribution in [0.4, 0.5) is 15.8 Å². The maximum Gasteiger partial charge on any atom is 0.261 e. The molecule has 1 amide bonds. The first-order valence-electron chi connectivity index (χ1n) is 7.10. The van der Waals surface area contributed by atoms with E-state index in [1.165, 1.54) is 29.2 Å². The van der Waals surface area contributed by atoms with Crippen LogP contribution in [-0.2, 0) is 14.8 Å². The van der Waals surface area contributed by atoms with Crippen LogP contribution in [0.1, 0.15) is 18.4 Å². The number of sulfonamides is 1. The Balaban J connectivity index is 1.96. The topological polar surface area (TPSA) is 66.5 Å². The molecule has 0 bridgehead atoms. The number of amides is 1. The van der Waals surface area contributed by atoms with Crippen LogP contribution in [0.2, 0.25) is 5.02 Å². The van der Waals surface area contributed by atoms with E-state index in [9.17, 15) is 17.6 Å². The number of nitrogens with zero attached hydrogens (tertiary/aromatic N) is 1. The first-order chi connectivity index (χ1) is 11.2. The van der Waals surface area contributed by atoms with Gasteiger partial charge in [0.25, 0.3) is 10.0 Å². The smallest absolute Gasteiger partial charge is 0.261 e. The Kier molecular flexibility index (Phi) is 4.01. The quantitative estimate of drug-likeness (QED) is 0.903. The molecule has 2 aromatic carbocycles. The zero-order valence-corrected chi connectivity index (χ0v) is 14.5. The highest BCUT2D eigenvalue weighted by Gasteiger charge is 2.32. The molecule has 0 aliphatic carbocycles. The monoisotopic (exact) mass is 368 g/mol. The summed E-state index contributed by atoms with van der Waals surface area (Å²) in [6, 6.07) is 8.07. The van der Waals surface area contributed by atoms with Gasteiger partial charge >= 0.3 is 0 Å². The molecule has 0 radical (unpaired) electrons. The molecule has 1 aliphatic rings. The van der Waals surface area contributed by atoms with Crippen LogP contribution in [0.25, 0.3) is 0 Å². The first kappa shape index (κ1) is 16.7. The lowest BCUT2D eigenvalue weighted by molar-refractivity contribution is -0.118. The van der Waals surface area contributed by atoms with Gasteiger partial charge in [-0.1, -0.05) is 11.6 Å². The zero-order chi connectivity index (χ0) is 17.6. The number of hydrogen-bond acceptors (Lipinski definition) is 3. The summed E-state index contributed by atoms with van der Waals surface area (Å²) in [7, 11) is -2.23. The summed E-state index contributed by atoms with van der Waals surface area (Å²) in [5.74, 6) is -1.12. The van der Waals surface area contributed by atoms with E-state index in [-0.39, 0.29) is 21.5 Å². The highest BCUT2D eigenvalue weighted by atomic mass is 35.5. The number of carbonyl (C=O) groups is 1. The van der Waals surface area contributed by atoms with Crippen molar-refractivity contribution in [2.24, 2.45) is 0 Å². The van der Waals surface area contributed by atoms with E-state index in [4.69, 9.17) is 11.6 Å². The minimum absolute atomic E-state index is 0.0247. The summed E-state index contributed by atoms with van der Waals surface area (Å²) in [6.07, 6.45) is 0. The van der Waals surface area contributed by atoms with Crippen molar-refractivity contribution in [1.29, 1.82) is 0 Å². The van der Waals surface area contributed by atoms with Gasteiger partial charge in [0, 0.05) is 12.7 Å². The highest BCUT2D eigenvalue weighted by Crippen LogP contribution is 2.37. The predicted octanol–water partition coefficient (Wildman–Crippen LogP) is 3.36. The molecule has 3 rings (SSSR count). The lowest BCUT2D eigenvalue weighted by Crippen LogP contribution is -2.22. The largest absolute Gasteiger partial charge is 0.315 e. The summed E-state index contributed by atoms with van der Waals surface area (Å²) in [4.78, 5) is 13.5. The Morgan fingerprint density at radius 2 is 1.92 bits per heavy atom. The number of hydrogen-bond donors (Lipinski definition) is 1. The molecule has 24 heavy (non-hydrogen) atoms. The molecule has 1 N–H and O–H groups in total. The SMILES string of the molecule is C[C@H]1C(=O)N(C)c2ccc(S(=O)(=O)Nc3ccc(F)c(Cl)c3)cc21. The number of likely N-dealkylation sites (N-methyl/N-ethyl adjacent to an activating group) is 1. The van der Waals surface area contributed by atoms with Gasteiger partial charge in [-0.25, -0.2) is 12.8 Å². The fourth-order valence-corrected chi connectivity index (χ4v) is 3.93. The molecule has 8 heteroatoms. The molecule has 2 aromatic rings. The minimum atomic E-state index is -3.88. The molecule has 1 atom stereocenters. The normalized spacial score (nSPS) is 17.1. The molecule has 0 saturated heterocycles. The maximum atomic E-state index is 13.2. The fourth-order valence-electron chi connectivity index (χ4n) is 2.67. The molecule has 0 spiro atoms. The Morgan fingerprint density at radius 3 is 2.58 bits per heavy atom. The summed E-state index contributed by atoms with van der Waals surface area (Å²) in [5.41, 5.74) is 1.50. The zero-order valence-electron chi connectivity index (χ0n) is 12.9. The molecule has 0 unspecified atom stereocenters. The molecule has 126 valence electrons. The van der Waals surface area contributed by atoms with Crippen molar-refractivity contribution in [2.45, 2.75) is 17.7 Å². The first-order valence-corrected chi connectivity index (χ1v) is 8.96. The second kappa shape index (κ2) is 5.75. The summed E-state index contributed by atoms with van der Waals surface area (Å²) in [5, 5.41) is -0.176. The molecule has 1 heterocycles. The van der Waals surface area contributed by atoms with Crippen molar-refractivity contribution >= 4 is 38.9 Å². The lowest BCUT2D eigenvalue weighted by Gasteiger charge is -2.12. The van der Waals surface area contributed by atoms with Crippen molar-refractivity contribution in [1.82, 2.24) is 0 Å². The standard InChI is InChI=1S/C16H14ClFN2O3S/c1-9-12-8-11(4-6-15(12)20(2)16(9)21)24(22,23)19-10-3-5-14(18)13(17)7-10/h3-9,19H,1-2H3/t9-/m1/s1.